The Morgan fingerprint density at radius 1 is 1.05 bits per heavy atom. The molecule has 5 heteroatoms. The van der Waals surface area contributed by atoms with E-state index in [9.17, 15) is 9.59 Å². The van der Waals surface area contributed by atoms with Gasteiger partial charge in [-0.05, 0) is 24.1 Å². The second-order valence-corrected chi connectivity index (χ2v) is 4.86. The number of rotatable bonds is 9. The molecular weight excluding hydrogens is 268 g/mol. The van der Waals surface area contributed by atoms with E-state index in [0.717, 1.165) is 30.6 Å². The van der Waals surface area contributed by atoms with Gasteiger partial charge in [0.05, 0.1) is 7.11 Å². The van der Waals surface area contributed by atoms with Crippen LogP contribution in [0.1, 0.15) is 38.2 Å². The van der Waals surface area contributed by atoms with Crippen molar-refractivity contribution in [1.29, 1.82) is 0 Å². The molecule has 0 aliphatic carbocycles. The molecule has 0 fully saturated rings. The first-order chi connectivity index (χ1) is 10.2. The summed E-state index contributed by atoms with van der Waals surface area (Å²) in [5.74, 6) is 0.286. The van der Waals surface area contributed by atoms with Gasteiger partial charge in [-0.1, -0.05) is 31.9 Å². The fourth-order valence-electron chi connectivity index (χ4n) is 1.82. The van der Waals surface area contributed by atoms with Crippen molar-refractivity contribution >= 4 is 11.8 Å². The zero-order chi connectivity index (χ0) is 15.5. The quantitative estimate of drug-likeness (QED) is 0.540. The Balaban J connectivity index is 2.22. The summed E-state index contributed by atoms with van der Waals surface area (Å²) in [5.41, 5.74) is 0.965. The highest BCUT2D eigenvalue weighted by Gasteiger charge is 2.08. The third kappa shape index (κ3) is 7.34. The lowest BCUT2D eigenvalue weighted by Crippen LogP contribution is -2.32. The van der Waals surface area contributed by atoms with E-state index >= 15 is 0 Å². The lowest BCUT2D eigenvalue weighted by atomic mass is 10.2. The lowest BCUT2D eigenvalue weighted by Gasteiger charge is -2.07. The fourth-order valence-corrected chi connectivity index (χ4v) is 1.82. The van der Waals surface area contributed by atoms with Gasteiger partial charge in [-0.15, -0.1) is 0 Å². The van der Waals surface area contributed by atoms with Gasteiger partial charge in [0.2, 0.25) is 11.8 Å². The Kier molecular flexibility index (Phi) is 7.94. The molecule has 1 aromatic rings. The van der Waals surface area contributed by atoms with Gasteiger partial charge in [0.25, 0.3) is 0 Å². The van der Waals surface area contributed by atoms with Crippen molar-refractivity contribution in [2.75, 3.05) is 13.7 Å². The van der Waals surface area contributed by atoms with E-state index in [1.54, 1.807) is 7.11 Å². The number of unbranched alkanes of at least 4 members (excludes halogenated alkanes) is 2. The number of carbonyl (C=O) groups is 2. The highest BCUT2D eigenvalue weighted by molar-refractivity contribution is 5.96. The van der Waals surface area contributed by atoms with Gasteiger partial charge in [-0.25, -0.2) is 0 Å². The second kappa shape index (κ2) is 9.80. The van der Waals surface area contributed by atoms with E-state index in [-0.39, 0.29) is 18.2 Å². The van der Waals surface area contributed by atoms with Gasteiger partial charge in [0, 0.05) is 13.1 Å². The van der Waals surface area contributed by atoms with Crippen molar-refractivity contribution < 1.29 is 14.3 Å². The summed E-state index contributed by atoms with van der Waals surface area (Å²) in [5, 5.41) is 5.47. The molecule has 0 heterocycles. The first-order valence-electron chi connectivity index (χ1n) is 7.32. The zero-order valence-corrected chi connectivity index (χ0v) is 12.8. The van der Waals surface area contributed by atoms with Crippen LogP contribution in [0.3, 0.4) is 0 Å². The van der Waals surface area contributed by atoms with Crippen molar-refractivity contribution in [3.63, 3.8) is 0 Å². The van der Waals surface area contributed by atoms with Gasteiger partial charge in [0.15, 0.2) is 0 Å². The minimum absolute atomic E-state index is 0.123. The molecule has 2 amide bonds. The van der Waals surface area contributed by atoms with Gasteiger partial charge in [-0.3, -0.25) is 9.59 Å². The highest BCUT2D eigenvalue weighted by Crippen LogP contribution is 2.10. The number of hydrogen-bond acceptors (Lipinski definition) is 3. The van der Waals surface area contributed by atoms with Crippen LogP contribution in [0.15, 0.2) is 24.3 Å². The molecular formula is C16H24N2O3. The lowest BCUT2D eigenvalue weighted by molar-refractivity contribution is -0.129. The number of benzene rings is 1. The number of hydrogen-bond donors (Lipinski definition) is 2. The minimum atomic E-state index is -0.265. The van der Waals surface area contributed by atoms with Crippen LogP contribution in [0.5, 0.6) is 5.75 Å². The molecule has 0 bridgehead atoms. The summed E-state index contributed by atoms with van der Waals surface area (Å²) in [6, 6.07) is 7.43. The van der Waals surface area contributed by atoms with Crippen LogP contribution >= 0.6 is 0 Å². The Hall–Kier alpha value is -2.04. The van der Waals surface area contributed by atoms with Crippen molar-refractivity contribution in [2.24, 2.45) is 0 Å². The molecule has 5 nitrogen and oxygen atoms in total. The fraction of sp³-hybridized carbons (Fsp3) is 0.500. The zero-order valence-electron chi connectivity index (χ0n) is 12.8. The second-order valence-electron chi connectivity index (χ2n) is 4.86. The smallest absolute Gasteiger partial charge is 0.229 e. The first-order valence-corrected chi connectivity index (χ1v) is 7.32. The van der Waals surface area contributed by atoms with Crippen LogP contribution in [-0.4, -0.2) is 25.5 Å². The van der Waals surface area contributed by atoms with Gasteiger partial charge in [-0.2, -0.15) is 0 Å². The maximum atomic E-state index is 11.6. The molecule has 2 N–H and O–H groups in total. The third-order valence-corrected chi connectivity index (χ3v) is 3.07. The SMILES string of the molecule is CCCCCNC(=O)CC(=O)NCc1ccc(OC)cc1. The molecule has 1 aromatic carbocycles. The summed E-state index contributed by atoms with van der Waals surface area (Å²) >= 11 is 0. The topological polar surface area (TPSA) is 67.4 Å². The normalized spacial score (nSPS) is 10.0. The van der Waals surface area contributed by atoms with E-state index < -0.39 is 0 Å². The maximum absolute atomic E-state index is 11.6. The van der Waals surface area contributed by atoms with Gasteiger partial charge in [0.1, 0.15) is 12.2 Å². The van der Waals surface area contributed by atoms with Crippen LogP contribution in [0.4, 0.5) is 0 Å². The molecule has 1 rings (SSSR count). The average Bonchev–Trinajstić information content (AvgIpc) is 2.50. The molecule has 0 unspecified atom stereocenters. The van der Waals surface area contributed by atoms with E-state index in [2.05, 4.69) is 17.6 Å². The highest BCUT2D eigenvalue weighted by atomic mass is 16.5. The number of ether oxygens (including phenoxy) is 1. The van der Waals surface area contributed by atoms with E-state index in [1.807, 2.05) is 24.3 Å². The molecule has 0 aliphatic heterocycles. The summed E-state index contributed by atoms with van der Waals surface area (Å²) < 4.78 is 5.06. The standard InChI is InChI=1S/C16H24N2O3/c1-3-4-5-10-17-15(19)11-16(20)18-12-13-6-8-14(21-2)9-7-13/h6-9H,3-5,10-12H2,1-2H3,(H,17,19)(H,18,20). The predicted octanol–water partition coefficient (Wildman–Crippen LogP) is 2.01. The van der Waals surface area contributed by atoms with E-state index in [4.69, 9.17) is 4.74 Å². The monoisotopic (exact) mass is 292 g/mol. The predicted molar refractivity (Wildman–Crippen MR) is 82.0 cm³/mol. The Morgan fingerprint density at radius 3 is 2.33 bits per heavy atom. The van der Waals surface area contributed by atoms with Gasteiger partial charge >= 0.3 is 0 Å². The number of carbonyl (C=O) groups excluding carboxylic acids is 2. The Morgan fingerprint density at radius 2 is 1.71 bits per heavy atom. The molecule has 0 aromatic heterocycles. The summed E-state index contributed by atoms with van der Waals surface area (Å²) in [7, 11) is 1.61. The average molecular weight is 292 g/mol. The van der Waals surface area contributed by atoms with Crippen LogP contribution in [-0.2, 0) is 16.1 Å². The van der Waals surface area contributed by atoms with E-state index in [0.29, 0.717) is 13.1 Å². The van der Waals surface area contributed by atoms with Crippen molar-refractivity contribution in [2.45, 2.75) is 39.2 Å². The maximum Gasteiger partial charge on any atom is 0.229 e. The molecule has 0 aliphatic rings. The molecule has 0 saturated carbocycles. The van der Waals surface area contributed by atoms with Gasteiger partial charge < -0.3 is 15.4 Å². The summed E-state index contributed by atoms with van der Waals surface area (Å²) in [6.45, 7) is 3.15. The molecule has 0 atom stereocenters. The van der Waals surface area contributed by atoms with Crippen molar-refractivity contribution in [3.8, 4) is 5.75 Å². The number of nitrogens with one attached hydrogen (secondary N) is 2. The third-order valence-electron chi connectivity index (χ3n) is 3.07. The van der Waals surface area contributed by atoms with Crippen LogP contribution < -0.4 is 15.4 Å². The van der Waals surface area contributed by atoms with Crippen molar-refractivity contribution in [1.82, 2.24) is 10.6 Å². The van der Waals surface area contributed by atoms with E-state index in [1.165, 1.54) is 0 Å². The van der Waals surface area contributed by atoms with Crippen molar-refractivity contribution in [3.05, 3.63) is 29.8 Å². The Labute approximate surface area is 126 Å². The van der Waals surface area contributed by atoms with Crippen LogP contribution in [0, 0.1) is 0 Å². The van der Waals surface area contributed by atoms with Crippen LogP contribution in [0.25, 0.3) is 0 Å². The molecule has 0 radical (unpaired) electrons. The Bertz CT molecular complexity index is 443. The first kappa shape index (κ1) is 17.0. The summed E-state index contributed by atoms with van der Waals surface area (Å²) in [4.78, 5) is 23.2. The minimum Gasteiger partial charge on any atom is -0.497 e. The summed E-state index contributed by atoms with van der Waals surface area (Å²) in [6.07, 6.45) is 3.03. The molecule has 0 saturated heterocycles. The molecule has 0 spiro atoms. The number of methoxy groups -OCH3 is 1. The molecule has 116 valence electrons. The molecule has 21 heavy (non-hydrogen) atoms. The van der Waals surface area contributed by atoms with Crippen LogP contribution in [0.2, 0.25) is 0 Å². The largest absolute Gasteiger partial charge is 0.497 e. The number of amides is 2.